The molecule has 8 nitrogen and oxygen atoms in total. The molecule has 0 bridgehead atoms. The van der Waals surface area contributed by atoms with E-state index < -0.39 is 10.8 Å². The first kappa shape index (κ1) is 18.7. The Hall–Kier alpha value is -4.12. The number of hydrogen-bond donors (Lipinski definition) is 1. The van der Waals surface area contributed by atoms with Crippen molar-refractivity contribution in [2.24, 2.45) is 0 Å². The van der Waals surface area contributed by atoms with E-state index in [1.54, 1.807) is 28.9 Å². The number of amides is 1. The quantitative estimate of drug-likeness (QED) is 0.313. The van der Waals surface area contributed by atoms with Gasteiger partial charge in [-0.3, -0.25) is 25.0 Å². The number of furan rings is 1. The van der Waals surface area contributed by atoms with E-state index in [4.69, 9.17) is 4.42 Å². The van der Waals surface area contributed by atoms with Gasteiger partial charge in [-0.15, -0.1) is 0 Å². The molecule has 0 radical (unpaired) electrons. The number of nitrogens with one attached hydrogen (secondary N) is 1. The number of nitro groups is 1. The zero-order chi connectivity index (χ0) is 20.3. The van der Waals surface area contributed by atoms with Gasteiger partial charge in [0.1, 0.15) is 23.2 Å². The molecule has 28 heavy (non-hydrogen) atoms. The molecule has 8 heteroatoms. The Morgan fingerprint density at radius 1 is 1.14 bits per heavy atom. The van der Waals surface area contributed by atoms with Crippen LogP contribution < -0.4 is 5.43 Å². The molecule has 0 fully saturated rings. The number of nitro benzene ring substituents is 1. The number of nitrogens with zero attached hydrogens (tertiary/aromatic N) is 3. The number of benzene rings is 1. The second kappa shape index (κ2) is 7.63. The maximum atomic E-state index is 12.4. The van der Waals surface area contributed by atoms with Crippen LogP contribution in [0, 0.1) is 35.3 Å². The number of aryl methyl sites for hydroxylation is 2. The van der Waals surface area contributed by atoms with Gasteiger partial charge in [-0.05, 0) is 50.2 Å². The van der Waals surface area contributed by atoms with Crippen LogP contribution in [-0.4, -0.2) is 15.5 Å². The van der Waals surface area contributed by atoms with Crippen molar-refractivity contribution in [3.05, 3.63) is 81.4 Å². The van der Waals surface area contributed by atoms with E-state index in [1.165, 1.54) is 18.2 Å². The second-order valence-electron chi connectivity index (χ2n) is 6.07. The van der Waals surface area contributed by atoms with Crippen molar-refractivity contribution in [2.75, 3.05) is 5.43 Å². The van der Waals surface area contributed by atoms with E-state index in [0.29, 0.717) is 17.1 Å². The zero-order valence-corrected chi connectivity index (χ0v) is 15.2. The SMILES string of the molecule is Cc1ccc(C)n1NC(=O)/C(C#N)=C\c1ccc(-c2ccc([N+](=O)[O-])cc2)o1. The Bertz CT molecular complexity index is 1090. The molecule has 1 aromatic carbocycles. The minimum Gasteiger partial charge on any atom is -0.457 e. The highest BCUT2D eigenvalue weighted by molar-refractivity contribution is 6.06. The van der Waals surface area contributed by atoms with E-state index in [1.807, 2.05) is 32.0 Å². The number of nitriles is 1. The summed E-state index contributed by atoms with van der Waals surface area (Å²) in [6.45, 7) is 3.68. The third-order valence-corrected chi connectivity index (χ3v) is 4.13. The molecule has 1 amide bonds. The van der Waals surface area contributed by atoms with E-state index in [-0.39, 0.29) is 11.3 Å². The lowest BCUT2D eigenvalue weighted by Gasteiger charge is -2.10. The van der Waals surface area contributed by atoms with Crippen molar-refractivity contribution in [3.8, 4) is 17.4 Å². The van der Waals surface area contributed by atoms with Crippen molar-refractivity contribution in [1.82, 2.24) is 4.68 Å². The van der Waals surface area contributed by atoms with Crippen LogP contribution in [-0.2, 0) is 4.79 Å². The summed E-state index contributed by atoms with van der Waals surface area (Å²) in [6.07, 6.45) is 1.35. The third kappa shape index (κ3) is 3.83. The van der Waals surface area contributed by atoms with Crippen LogP contribution in [0.4, 0.5) is 5.69 Å². The molecule has 3 aromatic rings. The number of rotatable bonds is 5. The summed E-state index contributed by atoms with van der Waals surface area (Å²) in [5.41, 5.74) is 4.85. The lowest BCUT2D eigenvalue weighted by Crippen LogP contribution is -2.25. The van der Waals surface area contributed by atoms with Crippen LogP contribution in [0.5, 0.6) is 0 Å². The van der Waals surface area contributed by atoms with Crippen LogP contribution in [0.25, 0.3) is 17.4 Å². The minimum atomic E-state index is -0.557. The van der Waals surface area contributed by atoms with Gasteiger partial charge < -0.3 is 4.42 Å². The average Bonchev–Trinajstić information content (AvgIpc) is 3.28. The third-order valence-electron chi connectivity index (χ3n) is 4.13. The molecule has 2 heterocycles. The molecular weight excluding hydrogens is 360 g/mol. The fraction of sp³-hybridized carbons (Fsp3) is 0.100. The molecule has 1 N–H and O–H groups in total. The number of carbonyl (C=O) groups excluding carboxylic acids is 1. The summed E-state index contributed by atoms with van der Waals surface area (Å²) in [4.78, 5) is 22.7. The summed E-state index contributed by atoms with van der Waals surface area (Å²) < 4.78 is 7.25. The van der Waals surface area contributed by atoms with E-state index in [2.05, 4.69) is 5.43 Å². The van der Waals surface area contributed by atoms with Gasteiger partial charge in [0.2, 0.25) is 0 Å². The fourth-order valence-corrected chi connectivity index (χ4v) is 2.63. The summed E-state index contributed by atoms with van der Waals surface area (Å²) in [6, 6.07) is 14.8. The van der Waals surface area contributed by atoms with Crippen molar-refractivity contribution >= 4 is 17.7 Å². The maximum Gasteiger partial charge on any atom is 0.280 e. The molecule has 3 rings (SSSR count). The summed E-state index contributed by atoms with van der Waals surface area (Å²) in [7, 11) is 0. The molecule has 2 aromatic heterocycles. The van der Waals surface area contributed by atoms with Gasteiger partial charge in [0.15, 0.2) is 0 Å². The standard InChI is InChI=1S/C20H16N4O4/c1-13-3-4-14(2)23(13)22-20(25)16(12-21)11-18-9-10-19(28-18)15-5-7-17(8-6-15)24(26)27/h3-11H,1-2H3,(H,22,25)/b16-11-. The predicted octanol–water partition coefficient (Wildman–Crippen LogP) is 3.95. The van der Waals surface area contributed by atoms with Gasteiger partial charge in [-0.1, -0.05) is 0 Å². The van der Waals surface area contributed by atoms with Gasteiger partial charge in [0.25, 0.3) is 11.6 Å². The summed E-state index contributed by atoms with van der Waals surface area (Å²) >= 11 is 0. The number of carbonyl (C=O) groups is 1. The molecular formula is C20H16N4O4. The Kier molecular flexibility index (Phi) is 5.09. The highest BCUT2D eigenvalue weighted by Gasteiger charge is 2.13. The largest absolute Gasteiger partial charge is 0.457 e. The normalized spacial score (nSPS) is 11.1. The number of hydrogen-bond acceptors (Lipinski definition) is 5. The van der Waals surface area contributed by atoms with Crippen LogP contribution >= 0.6 is 0 Å². The number of aromatic nitrogens is 1. The monoisotopic (exact) mass is 376 g/mol. The van der Waals surface area contributed by atoms with Crippen molar-refractivity contribution in [1.29, 1.82) is 5.26 Å². The Morgan fingerprint density at radius 3 is 2.36 bits per heavy atom. The van der Waals surface area contributed by atoms with Gasteiger partial charge in [0, 0.05) is 35.2 Å². The van der Waals surface area contributed by atoms with E-state index in [0.717, 1.165) is 11.4 Å². The van der Waals surface area contributed by atoms with Gasteiger partial charge in [-0.25, -0.2) is 0 Å². The predicted molar refractivity (Wildman–Crippen MR) is 103 cm³/mol. The molecule has 0 aliphatic carbocycles. The number of non-ortho nitro benzene ring substituents is 1. The first-order valence-electron chi connectivity index (χ1n) is 8.32. The molecule has 0 aliphatic heterocycles. The first-order valence-corrected chi connectivity index (χ1v) is 8.32. The highest BCUT2D eigenvalue weighted by atomic mass is 16.6. The van der Waals surface area contributed by atoms with Crippen LogP contribution in [0.3, 0.4) is 0 Å². The smallest absolute Gasteiger partial charge is 0.280 e. The average molecular weight is 376 g/mol. The Morgan fingerprint density at radius 2 is 1.79 bits per heavy atom. The topological polar surface area (TPSA) is 114 Å². The van der Waals surface area contributed by atoms with Crippen LogP contribution in [0.1, 0.15) is 17.1 Å². The molecule has 0 atom stereocenters. The maximum absolute atomic E-state index is 12.4. The Labute approximate surface area is 160 Å². The van der Waals surface area contributed by atoms with Gasteiger partial charge >= 0.3 is 0 Å². The van der Waals surface area contributed by atoms with Crippen molar-refractivity contribution < 1.29 is 14.1 Å². The molecule has 0 unspecified atom stereocenters. The van der Waals surface area contributed by atoms with Crippen LogP contribution in [0.15, 0.2) is 58.5 Å². The molecule has 0 aliphatic rings. The molecule has 0 saturated carbocycles. The van der Waals surface area contributed by atoms with Gasteiger partial charge in [-0.2, -0.15) is 5.26 Å². The first-order chi connectivity index (χ1) is 13.4. The highest BCUT2D eigenvalue weighted by Crippen LogP contribution is 2.25. The van der Waals surface area contributed by atoms with Crippen molar-refractivity contribution in [2.45, 2.75) is 13.8 Å². The second-order valence-corrected chi connectivity index (χ2v) is 6.07. The van der Waals surface area contributed by atoms with E-state index in [9.17, 15) is 20.2 Å². The van der Waals surface area contributed by atoms with Gasteiger partial charge in [0.05, 0.1) is 4.92 Å². The summed E-state index contributed by atoms with van der Waals surface area (Å²) in [5, 5.41) is 20.1. The zero-order valence-electron chi connectivity index (χ0n) is 15.2. The minimum absolute atomic E-state index is 0.0190. The van der Waals surface area contributed by atoms with Crippen LogP contribution in [0.2, 0.25) is 0 Å². The molecule has 0 saturated heterocycles. The summed E-state index contributed by atoms with van der Waals surface area (Å²) in [5.74, 6) is 0.232. The lowest BCUT2D eigenvalue weighted by molar-refractivity contribution is -0.384. The fourth-order valence-electron chi connectivity index (χ4n) is 2.63. The van der Waals surface area contributed by atoms with E-state index >= 15 is 0 Å². The lowest BCUT2D eigenvalue weighted by atomic mass is 10.1. The molecule has 140 valence electrons. The molecule has 0 spiro atoms. The van der Waals surface area contributed by atoms with Crippen molar-refractivity contribution in [3.63, 3.8) is 0 Å². The Balaban J connectivity index is 1.81.